The van der Waals surface area contributed by atoms with Gasteiger partial charge in [0.15, 0.2) is 5.71 Å². The number of hydrogen-bond acceptors (Lipinski definition) is 5. The highest BCUT2D eigenvalue weighted by atomic mass is 16.4. The lowest BCUT2D eigenvalue weighted by molar-refractivity contribution is 0.106. The number of carbonyl (C=O) groups excluding carboxylic acids is 1. The Morgan fingerprint density at radius 1 is 1.18 bits per heavy atom. The second kappa shape index (κ2) is 4.98. The second-order valence-electron chi connectivity index (χ2n) is 3.24. The van der Waals surface area contributed by atoms with Crippen LogP contribution in [0.2, 0.25) is 0 Å². The number of carbonyl (C=O) groups is 1. The molecule has 2 rings (SSSR count). The van der Waals surface area contributed by atoms with Crippen molar-refractivity contribution in [1.29, 1.82) is 0 Å². The Kier molecular flexibility index (Phi) is 3.20. The molecule has 1 aromatic heterocycles. The average Bonchev–Trinajstić information content (AvgIpc) is 2.42. The summed E-state index contributed by atoms with van der Waals surface area (Å²) >= 11 is 0. The van der Waals surface area contributed by atoms with Crippen LogP contribution in [0.1, 0.15) is 16.1 Å². The van der Waals surface area contributed by atoms with E-state index < -0.39 is 0 Å². The Balaban J connectivity index is 2.37. The first kappa shape index (κ1) is 10.9. The average molecular weight is 227 g/mol. The van der Waals surface area contributed by atoms with Gasteiger partial charge in [-0.15, -0.1) is 0 Å². The summed E-state index contributed by atoms with van der Waals surface area (Å²) in [5.74, 6) is -0.383. The van der Waals surface area contributed by atoms with Gasteiger partial charge in [-0.2, -0.15) is 0 Å². The fourth-order valence-corrected chi connectivity index (χ4v) is 1.37. The lowest BCUT2D eigenvalue weighted by Gasteiger charge is -2.02. The minimum Gasteiger partial charge on any atom is -0.410 e. The third-order valence-corrected chi connectivity index (χ3v) is 2.18. The van der Waals surface area contributed by atoms with E-state index in [0.717, 1.165) is 0 Å². The molecular formula is C12H9N3O2. The summed E-state index contributed by atoms with van der Waals surface area (Å²) in [6.45, 7) is 0. The molecule has 1 aromatic carbocycles. The maximum atomic E-state index is 12.0. The molecule has 0 fully saturated rings. The summed E-state index contributed by atoms with van der Waals surface area (Å²) in [4.78, 5) is 19.6. The normalized spacial score (nSPS) is 11.2. The van der Waals surface area contributed by atoms with Gasteiger partial charge in [0, 0.05) is 11.8 Å². The van der Waals surface area contributed by atoms with Crippen LogP contribution in [0, 0.1) is 0 Å². The lowest BCUT2D eigenvalue weighted by atomic mass is 10.0. The van der Waals surface area contributed by atoms with E-state index in [0.29, 0.717) is 5.56 Å². The molecule has 0 radical (unpaired) electrons. The second-order valence-corrected chi connectivity index (χ2v) is 3.24. The molecule has 17 heavy (non-hydrogen) atoms. The van der Waals surface area contributed by atoms with E-state index in [2.05, 4.69) is 15.1 Å². The Hall–Kier alpha value is -2.56. The highest BCUT2D eigenvalue weighted by Crippen LogP contribution is 2.06. The molecule has 0 atom stereocenters. The third kappa shape index (κ3) is 2.34. The van der Waals surface area contributed by atoms with Crippen LogP contribution in [0.4, 0.5) is 0 Å². The molecule has 84 valence electrons. The Labute approximate surface area is 97.5 Å². The molecule has 0 saturated carbocycles. The number of oxime groups is 1. The van der Waals surface area contributed by atoms with Crippen LogP contribution >= 0.6 is 0 Å². The van der Waals surface area contributed by atoms with Crippen LogP contribution in [0.3, 0.4) is 0 Å². The van der Waals surface area contributed by atoms with Gasteiger partial charge >= 0.3 is 0 Å². The molecule has 0 saturated heterocycles. The van der Waals surface area contributed by atoms with Gasteiger partial charge in [0.25, 0.3) is 0 Å². The van der Waals surface area contributed by atoms with E-state index in [-0.39, 0.29) is 17.2 Å². The monoisotopic (exact) mass is 227 g/mol. The molecule has 0 aliphatic carbocycles. The van der Waals surface area contributed by atoms with Gasteiger partial charge in [-0.25, -0.2) is 9.97 Å². The molecule has 1 heterocycles. The number of Topliss-reactive ketones (excluding diaryl/α,β-unsaturated/α-hetero) is 1. The van der Waals surface area contributed by atoms with Gasteiger partial charge in [-0.05, 0) is 6.07 Å². The first-order chi connectivity index (χ1) is 8.33. The minimum atomic E-state index is -0.383. The van der Waals surface area contributed by atoms with Crippen LogP contribution in [-0.2, 0) is 0 Å². The van der Waals surface area contributed by atoms with Crippen LogP contribution in [0.5, 0.6) is 0 Å². The molecule has 1 N–H and O–H groups in total. The number of aromatic nitrogens is 2. The summed E-state index contributed by atoms with van der Waals surface area (Å²) in [6.07, 6.45) is 2.77. The van der Waals surface area contributed by atoms with Crippen molar-refractivity contribution in [2.45, 2.75) is 0 Å². The molecule has 0 amide bonds. The molecule has 0 aliphatic rings. The fraction of sp³-hybridized carbons (Fsp3) is 0. The molecule has 5 nitrogen and oxygen atoms in total. The molecule has 5 heteroatoms. The zero-order chi connectivity index (χ0) is 12.1. The molecule has 2 aromatic rings. The summed E-state index contributed by atoms with van der Waals surface area (Å²) in [5.41, 5.74) is 0.633. The van der Waals surface area contributed by atoms with Crippen LogP contribution < -0.4 is 0 Å². The molecule has 0 unspecified atom stereocenters. The van der Waals surface area contributed by atoms with Crippen molar-refractivity contribution < 1.29 is 10.0 Å². The summed E-state index contributed by atoms with van der Waals surface area (Å²) in [6, 6.07) is 10.1. The zero-order valence-corrected chi connectivity index (χ0v) is 8.82. The summed E-state index contributed by atoms with van der Waals surface area (Å²) < 4.78 is 0. The minimum absolute atomic E-state index is 0.0985. The van der Waals surface area contributed by atoms with Crippen molar-refractivity contribution >= 4 is 11.5 Å². The van der Waals surface area contributed by atoms with Crippen molar-refractivity contribution in [1.82, 2.24) is 9.97 Å². The summed E-state index contributed by atoms with van der Waals surface area (Å²) in [7, 11) is 0. The lowest BCUT2D eigenvalue weighted by Crippen LogP contribution is -2.17. The fourth-order valence-electron chi connectivity index (χ4n) is 1.37. The van der Waals surface area contributed by atoms with Gasteiger partial charge in [-0.3, -0.25) is 4.79 Å². The van der Waals surface area contributed by atoms with Crippen molar-refractivity contribution in [3.8, 4) is 0 Å². The van der Waals surface area contributed by atoms with Crippen molar-refractivity contribution in [3.05, 3.63) is 60.2 Å². The molecule has 0 spiro atoms. The van der Waals surface area contributed by atoms with Crippen LogP contribution in [0.25, 0.3) is 0 Å². The van der Waals surface area contributed by atoms with Gasteiger partial charge in [0.2, 0.25) is 5.78 Å². The van der Waals surface area contributed by atoms with Crippen molar-refractivity contribution in [2.24, 2.45) is 5.16 Å². The quantitative estimate of drug-likeness (QED) is 0.373. The third-order valence-electron chi connectivity index (χ3n) is 2.18. The smallest absolute Gasteiger partial charge is 0.216 e. The molecular weight excluding hydrogens is 218 g/mol. The largest absolute Gasteiger partial charge is 0.410 e. The van der Waals surface area contributed by atoms with Crippen molar-refractivity contribution in [2.75, 3.05) is 0 Å². The van der Waals surface area contributed by atoms with E-state index in [9.17, 15) is 4.79 Å². The van der Waals surface area contributed by atoms with E-state index in [1.807, 2.05) is 0 Å². The molecule has 0 aliphatic heterocycles. The van der Waals surface area contributed by atoms with Gasteiger partial charge in [-0.1, -0.05) is 35.5 Å². The highest BCUT2D eigenvalue weighted by Gasteiger charge is 2.17. The van der Waals surface area contributed by atoms with E-state index in [1.54, 1.807) is 30.3 Å². The predicted molar refractivity (Wildman–Crippen MR) is 61.1 cm³/mol. The Morgan fingerprint density at radius 2 is 1.94 bits per heavy atom. The van der Waals surface area contributed by atoms with Gasteiger partial charge < -0.3 is 5.21 Å². The standard InChI is InChI=1S/C12H9N3O2/c16-12(9-4-2-1-3-5-9)11(15-17)10-6-7-13-8-14-10/h1-8,17H. The summed E-state index contributed by atoms with van der Waals surface area (Å²) in [5, 5.41) is 11.9. The maximum absolute atomic E-state index is 12.0. The number of benzene rings is 1. The number of ketones is 1. The topological polar surface area (TPSA) is 75.4 Å². The van der Waals surface area contributed by atoms with E-state index in [4.69, 9.17) is 5.21 Å². The number of hydrogen-bond donors (Lipinski definition) is 1. The van der Waals surface area contributed by atoms with E-state index >= 15 is 0 Å². The Morgan fingerprint density at radius 3 is 2.53 bits per heavy atom. The highest BCUT2D eigenvalue weighted by molar-refractivity contribution is 6.50. The van der Waals surface area contributed by atoms with Crippen LogP contribution in [0.15, 0.2) is 54.1 Å². The van der Waals surface area contributed by atoms with Crippen molar-refractivity contribution in [3.63, 3.8) is 0 Å². The van der Waals surface area contributed by atoms with Crippen LogP contribution in [-0.4, -0.2) is 26.7 Å². The first-order valence-electron chi connectivity index (χ1n) is 4.91. The first-order valence-corrected chi connectivity index (χ1v) is 4.91. The molecule has 0 bridgehead atoms. The zero-order valence-electron chi connectivity index (χ0n) is 8.82. The maximum Gasteiger partial charge on any atom is 0.216 e. The predicted octanol–water partition coefficient (Wildman–Crippen LogP) is 1.54. The Bertz CT molecular complexity index is 538. The van der Waals surface area contributed by atoms with Gasteiger partial charge in [0.1, 0.15) is 6.33 Å². The number of nitrogens with zero attached hydrogens (tertiary/aromatic N) is 3. The number of rotatable bonds is 3. The SMILES string of the molecule is O=C(C(=NO)c1ccncn1)c1ccccc1. The van der Waals surface area contributed by atoms with E-state index in [1.165, 1.54) is 18.6 Å². The van der Waals surface area contributed by atoms with Gasteiger partial charge in [0.05, 0.1) is 5.69 Å².